The van der Waals surface area contributed by atoms with Crippen LogP contribution in [0.25, 0.3) is 10.8 Å². The van der Waals surface area contributed by atoms with Crippen LogP contribution in [0.3, 0.4) is 0 Å². The van der Waals surface area contributed by atoms with E-state index in [1.165, 1.54) is 16.8 Å². The summed E-state index contributed by atoms with van der Waals surface area (Å²) in [6.45, 7) is 6.36. The Morgan fingerprint density at radius 2 is 1.67 bits per heavy atom. The van der Waals surface area contributed by atoms with Crippen LogP contribution < -0.4 is 4.90 Å². The van der Waals surface area contributed by atoms with Gasteiger partial charge in [0.2, 0.25) is 0 Å². The van der Waals surface area contributed by atoms with Crippen LogP contribution in [0.2, 0.25) is 5.02 Å². The summed E-state index contributed by atoms with van der Waals surface area (Å²) in [5.41, 5.74) is 3.51. The van der Waals surface area contributed by atoms with E-state index in [-0.39, 0.29) is 0 Å². The molecule has 156 valence electrons. The maximum absolute atomic E-state index is 12.0. The smallest absolute Gasteiger partial charge is 0.164 e. The van der Waals surface area contributed by atoms with Gasteiger partial charge < -0.3 is 9.47 Å². The standard InChI is InChI=1S/C25H28ClN3O/c26-22-9-10-24(20-6-2-1-5-19(20)22)29-17-15-27(16-18-29)12-4-13-28-14-11-21-23(28)7-3-8-25(21)30/h1-2,5-6,9-11,14H,3-4,7-8,12-13,15-18H2. The third-order valence-electron chi connectivity index (χ3n) is 6.63. The van der Waals surface area contributed by atoms with Gasteiger partial charge in [0.1, 0.15) is 0 Å². The van der Waals surface area contributed by atoms with Crippen molar-refractivity contribution in [2.45, 2.75) is 32.2 Å². The lowest BCUT2D eigenvalue weighted by Crippen LogP contribution is -2.46. The fourth-order valence-corrected chi connectivity index (χ4v) is 5.23. The molecule has 0 bridgehead atoms. The summed E-state index contributed by atoms with van der Waals surface area (Å²) in [7, 11) is 0. The molecule has 2 heterocycles. The van der Waals surface area contributed by atoms with E-state index in [0.717, 1.165) is 74.5 Å². The second-order valence-electron chi connectivity index (χ2n) is 8.44. The predicted octanol–water partition coefficient (Wildman–Crippen LogP) is 5.03. The van der Waals surface area contributed by atoms with Crippen LogP contribution in [0, 0.1) is 0 Å². The topological polar surface area (TPSA) is 28.5 Å². The Balaban J connectivity index is 1.17. The van der Waals surface area contributed by atoms with Gasteiger partial charge in [-0.2, -0.15) is 0 Å². The average Bonchev–Trinajstić information content (AvgIpc) is 3.19. The van der Waals surface area contributed by atoms with E-state index in [9.17, 15) is 4.79 Å². The number of aromatic nitrogens is 1. The second-order valence-corrected chi connectivity index (χ2v) is 8.85. The van der Waals surface area contributed by atoms with E-state index in [1.54, 1.807) is 0 Å². The van der Waals surface area contributed by atoms with Gasteiger partial charge in [0.15, 0.2) is 5.78 Å². The van der Waals surface area contributed by atoms with Gasteiger partial charge in [-0.15, -0.1) is 0 Å². The number of carbonyl (C=O) groups excluding carboxylic acids is 1. The summed E-state index contributed by atoms with van der Waals surface area (Å²) in [5.74, 6) is 0.320. The number of benzene rings is 2. The molecule has 0 N–H and O–H groups in total. The van der Waals surface area contributed by atoms with Gasteiger partial charge in [0, 0.05) is 78.1 Å². The van der Waals surface area contributed by atoms with Crippen molar-refractivity contribution in [2.75, 3.05) is 37.6 Å². The molecule has 1 saturated heterocycles. The van der Waals surface area contributed by atoms with Gasteiger partial charge >= 0.3 is 0 Å². The molecular formula is C25H28ClN3O. The van der Waals surface area contributed by atoms with Crippen molar-refractivity contribution in [3.05, 3.63) is 64.9 Å². The molecule has 3 aromatic rings. The van der Waals surface area contributed by atoms with E-state index in [0.29, 0.717) is 12.2 Å². The number of piperazine rings is 1. The van der Waals surface area contributed by atoms with Crippen molar-refractivity contribution in [3.8, 4) is 0 Å². The van der Waals surface area contributed by atoms with Crippen LogP contribution in [-0.4, -0.2) is 48.0 Å². The minimum Gasteiger partial charge on any atom is -0.368 e. The Morgan fingerprint density at radius 3 is 2.50 bits per heavy atom. The Bertz CT molecular complexity index is 1070. The Labute approximate surface area is 183 Å². The molecule has 0 atom stereocenters. The SMILES string of the molecule is O=C1CCCc2c1ccn2CCCN1CCN(c2ccc(Cl)c3ccccc23)CC1. The number of ketones is 1. The van der Waals surface area contributed by atoms with Crippen molar-refractivity contribution in [2.24, 2.45) is 0 Å². The summed E-state index contributed by atoms with van der Waals surface area (Å²) in [4.78, 5) is 17.1. The molecule has 30 heavy (non-hydrogen) atoms. The van der Waals surface area contributed by atoms with Crippen LogP contribution in [0.1, 0.15) is 35.3 Å². The summed E-state index contributed by atoms with van der Waals surface area (Å²) in [6.07, 6.45) is 5.99. The Kier molecular flexibility index (Phi) is 5.53. The molecule has 0 spiro atoms. The minimum atomic E-state index is 0.320. The summed E-state index contributed by atoms with van der Waals surface area (Å²) >= 11 is 6.40. The van der Waals surface area contributed by atoms with Crippen molar-refractivity contribution < 1.29 is 4.79 Å². The highest BCUT2D eigenvalue weighted by Gasteiger charge is 2.21. The molecular weight excluding hydrogens is 394 g/mol. The lowest BCUT2D eigenvalue weighted by atomic mass is 9.97. The molecule has 0 unspecified atom stereocenters. The zero-order valence-corrected chi connectivity index (χ0v) is 18.1. The lowest BCUT2D eigenvalue weighted by Gasteiger charge is -2.36. The van der Waals surface area contributed by atoms with Crippen molar-refractivity contribution in [3.63, 3.8) is 0 Å². The molecule has 5 heteroatoms. The summed E-state index contributed by atoms with van der Waals surface area (Å²) in [6, 6.07) is 14.6. The monoisotopic (exact) mass is 421 g/mol. The largest absolute Gasteiger partial charge is 0.368 e. The molecule has 0 amide bonds. The Morgan fingerprint density at radius 1 is 0.867 bits per heavy atom. The first-order valence-corrected chi connectivity index (χ1v) is 11.4. The number of Topliss-reactive ketones (excluding diaryl/α,β-unsaturated/α-hetero) is 1. The van der Waals surface area contributed by atoms with E-state index in [4.69, 9.17) is 11.6 Å². The third-order valence-corrected chi connectivity index (χ3v) is 6.96. The van der Waals surface area contributed by atoms with Crippen molar-refractivity contribution >= 4 is 33.8 Å². The molecule has 2 aromatic carbocycles. The van der Waals surface area contributed by atoms with E-state index < -0.39 is 0 Å². The molecule has 2 aliphatic rings. The fourth-order valence-electron chi connectivity index (χ4n) is 5.00. The maximum Gasteiger partial charge on any atom is 0.164 e. The lowest BCUT2D eigenvalue weighted by molar-refractivity contribution is 0.0971. The van der Waals surface area contributed by atoms with Crippen LogP contribution in [0.4, 0.5) is 5.69 Å². The highest BCUT2D eigenvalue weighted by Crippen LogP contribution is 2.32. The van der Waals surface area contributed by atoms with Crippen molar-refractivity contribution in [1.29, 1.82) is 0 Å². The van der Waals surface area contributed by atoms with Crippen LogP contribution in [-0.2, 0) is 13.0 Å². The molecule has 4 nitrogen and oxygen atoms in total. The highest BCUT2D eigenvalue weighted by molar-refractivity contribution is 6.36. The zero-order valence-electron chi connectivity index (χ0n) is 17.3. The normalized spacial score (nSPS) is 17.5. The number of anilines is 1. The summed E-state index contributed by atoms with van der Waals surface area (Å²) < 4.78 is 2.31. The average molecular weight is 422 g/mol. The number of carbonyl (C=O) groups is 1. The number of halogens is 1. The number of fused-ring (bicyclic) bond motifs is 2. The van der Waals surface area contributed by atoms with Gasteiger partial charge in [-0.3, -0.25) is 9.69 Å². The molecule has 1 aliphatic heterocycles. The molecule has 1 fully saturated rings. The molecule has 5 rings (SSSR count). The van der Waals surface area contributed by atoms with Gasteiger partial charge in [-0.05, 0) is 44.0 Å². The Hall–Kier alpha value is -2.30. The molecule has 0 radical (unpaired) electrons. The second kappa shape index (κ2) is 8.44. The van der Waals surface area contributed by atoms with Crippen LogP contribution in [0.5, 0.6) is 0 Å². The maximum atomic E-state index is 12.0. The third kappa shape index (κ3) is 3.75. The number of hydrogen-bond donors (Lipinski definition) is 0. The van der Waals surface area contributed by atoms with E-state index in [2.05, 4.69) is 44.8 Å². The summed E-state index contributed by atoms with van der Waals surface area (Å²) in [5, 5.41) is 3.19. The van der Waals surface area contributed by atoms with Gasteiger partial charge in [0.05, 0.1) is 0 Å². The minimum absolute atomic E-state index is 0.320. The molecule has 0 saturated carbocycles. The van der Waals surface area contributed by atoms with E-state index in [1.807, 2.05) is 18.2 Å². The predicted molar refractivity (Wildman–Crippen MR) is 124 cm³/mol. The number of hydrogen-bond acceptors (Lipinski definition) is 3. The first-order chi connectivity index (χ1) is 14.7. The first-order valence-electron chi connectivity index (χ1n) is 11.1. The van der Waals surface area contributed by atoms with E-state index >= 15 is 0 Å². The zero-order chi connectivity index (χ0) is 20.5. The van der Waals surface area contributed by atoms with Gasteiger partial charge in [-0.1, -0.05) is 35.9 Å². The quantitative estimate of drug-likeness (QED) is 0.578. The van der Waals surface area contributed by atoms with Gasteiger partial charge in [0.25, 0.3) is 0 Å². The fraction of sp³-hybridized carbons (Fsp3) is 0.400. The number of rotatable bonds is 5. The molecule has 1 aliphatic carbocycles. The van der Waals surface area contributed by atoms with Crippen molar-refractivity contribution in [1.82, 2.24) is 9.47 Å². The highest BCUT2D eigenvalue weighted by atomic mass is 35.5. The number of aryl methyl sites for hydroxylation is 1. The van der Waals surface area contributed by atoms with Crippen LogP contribution in [0.15, 0.2) is 48.7 Å². The molecule has 1 aromatic heterocycles. The first kappa shape index (κ1) is 19.7. The number of nitrogens with zero attached hydrogens (tertiary/aromatic N) is 3. The van der Waals surface area contributed by atoms with Gasteiger partial charge in [-0.25, -0.2) is 0 Å². The van der Waals surface area contributed by atoms with Crippen LogP contribution >= 0.6 is 11.6 Å².